The van der Waals surface area contributed by atoms with Gasteiger partial charge in [-0.15, -0.1) is 0 Å². The summed E-state index contributed by atoms with van der Waals surface area (Å²) in [5.74, 6) is 0.851. The van der Waals surface area contributed by atoms with E-state index in [1.165, 1.54) is 0 Å². The SMILES string of the molecule is CCOC(CN(C)c1cccc(OC)c1)OCC. The smallest absolute Gasteiger partial charge is 0.174 e. The quantitative estimate of drug-likeness (QED) is 0.666. The van der Waals surface area contributed by atoms with Gasteiger partial charge in [-0.1, -0.05) is 6.07 Å². The molecule has 18 heavy (non-hydrogen) atoms. The molecule has 1 aromatic rings. The summed E-state index contributed by atoms with van der Waals surface area (Å²) in [4.78, 5) is 2.10. The third kappa shape index (κ3) is 4.55. The van der Waals surface area contributed by atoms with Gasteiger partial charge in [-0.2, -0.15) is 0 Å². The Balaban J connectivity index is 2.63. The van der Waals surface area contributed by atoms with Gasteiger partial charge in [0.2, 0.25) is 0 Å². The van der Waals surface area contributed by atoms with E-state index < -0.39 is 0 Å². The summed E-state index contributed by atoms with van der Waals surface area (Å²) in [5.41, 5.74) is 1.08. The molecule has 0 spiro atoms. The molecule has 0 heterocycles. The summed E-state index contributed by atoms with van der Waals surface area (Å²) in [6.45, 7) is 5.93. The normalized spacial score (nSPS) is 10.7. The first kappa shape index (κ1) is 14.8. The summed E-state index contributed by atoms with van der Waals surface area (Å²) < 4.78 is 16.3. The van der Waals surface area contributed by atoms with Crippen LogP contribution in [0.5, 0.6) is 5.75 Å². The highest BCUT2D eigenvalue weighted by Crippen LogP contribution is 2.20. The van der Waals surface area contributed by atoms with Crippen molar-refractivity contribution in [3.8, 4) is 5.75 Å². The van der Waals surface area contributed by atoms with Crippen molar-refractivity contribution in [3.63, 3.8) is 0 Å². The Morgan fingerprint density at radius 2 is 1.83 bits per heavy atom. The van der Waals surface area contributed by atoms with Crippen molar-refractivity contribution in [2.24, 2.45) is 0 Å². The molecule has 0 aromatic heterocycles. The summed E-state index contributed by atoms with van der Waals surface area (Å²) >= 11 is 0. The highest BCUT2D eigenvalue weighted by molar-refractivity contribution is 5.50. The molecule has 0 saturated carbocycles. The maximum atomic E-state index is 5.54. The van der Waals surface area contributed by atoms with Crippen molar-refractivity contribution in [1.82, 2.24) is 0 Å². The Kier molecular flexibility index (Phi) is 6.54. The Labute approximate surface area is 109 Å². The molecule has 1 rings (SSSR count). The van der Waals surface area contributed by atoms with E-state index in [2.05, 4.69) is 4.90 Å². The lowest BCUT2D eigenvalue weighted by Gasteiger charge is -2.25. The Morgan fingerprint density at radius 3 is 2.39 bits per heavy atom. The van der Waals surface area contributed by atoms with E-state index in [4.69, 9.17) is 14.2 Å². The van der Waals surface area contributed by atoms with Crippen molar-refractivity contribution in [1.29, 1.82) is 0 Å². The zero-order valence-electron chi connectivity index (χ0n) is 11.7. The van der Waals surface area contributed by atoms with Crippen molar-refractivity contribution < 1.29 is 14.2 Å². The molecule has 0 saturated heterocycles. The highest BCUT2D eigenvalue weighted by Gasteiger charge is 2.12. The number of ether oxygens (including phenoxy) is 3. The third-order valence-electron chi connectivity index (χ3n) is 2.62. The molecular formula is C14H23NO3. The second-order valence-electron chi connectivity index (χ2n) is 3.92. The zero-order chi connectivity index (χ0) is 13.4. The molecule has 0 aliphatic carbocycles. The molecule has 0 radical (unpaired) electrons. The molecular weight excluding hydrogens is 230 g/mol. The van der Waals surface area contributed by atoms with E-state index in [-0.39, 0.29) is 6.29 Å². The molecule has 4 nitrogen and oxygen atoms in total. The first-order valence-corrected chi connectivity index (χ1v) is 6.29. The summed E-state index contributed by atoms with van der Waals surface area (Å²) in [5, 5.41) is 0. The minimum atomic E-state index is -0.198. The lowest BCUT2D eigenvalue weighted by molar-refractivity contribution is -0.129. The van der Waals surface area contributed by atoms with Crippen LogP contribution < -0.4 is 9.64 Å². The third-order valence-corrected chi connectivity index (χ3v) is 2.62. The van der Waals surface area contributed by atoms with Crippen molar-refractivity contribution in [2.75, 3.05) is 38.8 Å². The Morgan fingerprint density at radius 1 is 1.17 bits per heavy atom. The number of anilines is 1. The summed E-state index contributed by atoms with van der Waals surface area (Å²) in [7, 11) is 3.68. The first-order chi connectivity index (χ1) is 8.71. The van der Waals surface area contributed by atoms with Crippen LogP contribution in [0.3, 0.4) is 0 Å². The van der Waals surface area contributed by atoms with Gasteiger partial charge in [-0.05, 0) is 26.0 Å². The van der Waals surface area contributed by atoms with Crippen LogP contribution in [-0.4, -0.2) is 40.2 Å². The average Bonchev–Trinajstić information content (AvgIpc) is 2.39. The number of rotatable bonds is 8. The van der Waals surface area contributed by atoms with Gasteiger partial charge in [0.25, 0.3) is 0 Å². The van der Waals surface area contributed by atoms with Gasteiger partial charge in [-0.3, -0.25) is 0 Å². The summed E-state index contributed by atoms with van der Waals surface area (Å²) in [6.07, 6.45) is -0.198. The summed E-state index contributed by atoms with van der Waals surface area (Å²) in [6, 6.07) is 7.94. The van der Waals surface area contributed by atoms with E-state index in [1.54, 1.807) is 7.11 Å². The van der Waals surface area contributed by atoms with Crippen LogP contribution in [0, 0.1) is 0 Å². The van der Waals surface area contributed by atoms with E-state index in [0.717, 1.165) is 11.4 Å². The van der Waals surface area contributed by atoms with E-state index in [1.807, 2.05) is 45.2 Å². The monoisotopic (exact) mass is 253 g/mol. The predicted octanol–water partition coefficient (Wildman–Crippen LogP) is 2.53. The van der Waals surface area contributed by atoms with Crippen LogP contribution in [0.2, 0.25) is 0 Å². The average molecular weight is 253 g/mol. The van der Waals surface area contributed by atoms with Crippen LogP contribution in [0.1, 0.15) is 13.8 Å². The first-order valence-electron chi connectivity index (χ1n) is 6.29. The van der Waals surface area contributed by atoms with Crippen LogP contribution in [0.15, 0.2) is 24.3 Å². The lowest BCUT2D eigenvalue weighted by atomic mass is 10.3. The molecule has 4 heteroatoms. The highest BCUT2D eigenvalue weighted by atomic mass is 16.7. The molecule has 0 amide bonds. The van der Waals surface area contributed by atoms with Crippen LogP contribution >= 0.6 is 0 Å². The van der Waals surface area contributed by atoms with Crippen LogP contribution in [0.4, 0.5) is 5.69 Å². The van der Waals surface area contributed by atoms with Gasteiger partial charge in [-0.25, -0.2) is 0 Å². The maximum absolute atomic E-state index is 5.54. The second kappa shape index (κ2) is 7.95. The molecule has 0 atom stereocenters. The largest absolute Gasteiger partial charge is 0.497 e. The standard InChI is InChI=1S/C14H23NO3/c1-5-17-14(18-6-2)11-15(3)12-8-7-9-13(10-12)16-4/h7-10,14H,5-6,11H2,1-4H3. The molecule has 102 valence electrons. The van der Waals surface area contributed by atoms with Crippen molar-refractivity contribution >= 4 is 5.69 Å². The van der Waals surface area contributed by atoms with E-state index >= 15 is 0 Å². The number of methoxy groups -OCH3 is 1. The van der Waals surface area contributed by atoms with Gasteiger partial charge in [0.05, 0.1) is 13.7 Å². The molecule has 0 unspecified atom stereocenters. The minimum Gasteiger partial charge on any atom is -0.497 e. The van der Waals surface area contributed by atoms with Crippen molar-refractivity contribution in [3.05, 3.63) is 24.3 Å². The number of nitrogens with zero attached hydrogens (tertiary/aromatic N) is 1. The Bertz CT molecular complexity index is 338. The molecule has 0 N–H and O–H groups in total. The van der Waals surface area contributed by atoms with Gasteiger partial charge in [0.15, 0.2) is 6.29 Å². The molecule has 0 fully saturated rings. The van der Waals surface area contributed by atoms with E-state index in [9.17, 15) is 0 Å². The fraction of sp³-hybridized carbons (Fsp3) is 0.571. The van der Waals surface area contributed by atoms with Crippen LogP contribution in [-0.2, 0) is 9.47 Å². The van der Waals surface area contributed by atoms with Gasteiger partial charge < -0.3 is 19.1 Å². The molecule has 0 bridgehead atoms. The second-order valence-corrected chi connectivity index (χ2v) is 3.92. The maximum Gasteiger partial charge on any atom is 0.174 e. The molecule has 0 aliphatic rings. The molecule has 1 aromatic carbocycles. The van der Waals surface area contributed by atoms with Gasteiger partial charge in [0, 0.05) is 32.0 Å². The van der Waals surface area contributed by atoms with Crippen molar-refractivity contribution in [2.45, 2.75) is 20.1 Å². The number of hydrogen-bond acceptors (Lipinski definition) is 4. The Hall–Kier alpha value is -1.26. The number of hydrogen-bond donors (Lipinski definition) is 0. The van der Waals surface area contributed by atoms with E-state index in [0.29, 0.717) is 19.8 Å². The fourth-order valence-electron chi connectivity index (χ4n) is 1.70. The number of benzene rings is 1. The predicted molar refractivity (Wildman–Crippen MR) is 73.3 cm³/mol. The van der Waals surface area contributed by atoms with Gasteiger partial charge in [0.1, 0.15) is 5.75 Å². The van der Waals surface area contributed by atoms with Crippen LogP contribution in [0.25, 0.3) is 0 Å². The molecule has 0 aliphatic heterocycles. The lowest BCUT2D eigenvalue weighted by Crippen LogP contribution is -2.33. The van der Waals surface area contributed by atoms with Gasteiger partial charge >= 0.3 is 0 Å². The fourth-order valence-corrected chi connectivity index (χ4v) is 1.70. The number of likely N-dealkylation sites (N-methyl/N-ethyl adjacent to an activating group) is 1. The topological polar surface area (TPSA) is 30.9 Å². The minimum absolute atomic E-state index is 0.198. The zero-order valence-corrected chi connectivity index (χ0v) is 11.7.